The van der Waals surface area contributed by atoms with Crippen LogP contribution in [-0.2, 0) is 0 Å². The number of aromatic carboxylic acids is 1. The molecule has 3 N–H and O–H groups in total. The molecule has 6 nitrogen and oxygen atoms in total. The van der Waals surface area contributed by atoms with Gasteiger partial charge in [0, 0.05) is 0 Å². The summed E-state index contributed by atoms with van der Waals surface area (Å²) < 4.78 is 0. The van der Waals surface area contributed by atoms with Crippen LogP contribution >= 0.6 is 0 Å². The number of carbonyl (C=O) groups is 1. The lowest BCUT2D eigenvalue weighted by molar-refractivity contribution is 0.0692. The Morgan fingerprint density at radius 1 is 1.26 bits per heavy atom. The molecule has 0 radical (unpaired) electrons. The molecule has 0 amide bonds. The van der Waals surface area contributed by atoms with E-state index in [9.17, 15) is 4.79 Å². The van der Waals surface area contributed by atoms with Gasteiger partial charge in [-0.15, -0.1) is 0 Å². The summed E-state index contributed by atoms with van der Waals surface area (Å²) in [5.41, 5.74) is 4.33. The SMILES string of the molecule is Cc1cc2nc(-c3nc[nH]c3C(=O)O)[nH]c2cc1C. The molecule has 0 fully saturated rings. The number of fused-ring (bicyclic) bond motifs is 1. The van der Waals surface area contributed by atoms with Crippen molar-refractivity contribution in [3.05, 3.63) is 35.3 Å². The second-order valence-corrected chi connectivity index (χ2v) is 4.47. The lowest BCUT2D eigenvalue weighted by Gasteiger charge is -1.97. The predicted octanol–water partition coefficient (Wildman–Crippen LogP) is 2.27. The molecule has 2 heterocycles. The first-order valence-corrected chi connectivity index (χ1v) is 5.80. The fraction of sp³-hybridized carbons (Fsp3) is 0.154. The van der Waals surface area contributed by atoms with Crippen molar-refractivity contribution in [3.8, 4) is 11.5 Å². The van der Waals surface area contributed by atoms with Crippen LogP contribution in [0.2, 0.25) is 0 Å². The summed E-state index contributed by atoms with van der Waals surface area (Å²) in [7, 11) is 0. The number of nitrogens with one attached hydrogen (secondary N) is 2. The highest BCUT2D eigenvalue weighted by atomic mass is 16.4. The predicted molar refractivity (Wildman–Crippen MR) is 70.1 cm³/mol. The molecule has 0 aliphatic rings. The molecule has 6 heteroatoms. The molecule has 0 spiro atoms. The molecule has 0 saturated heterocycles. The minimum absolute atomic E-state index is 0.0347. The average Bonchev–Trinajstić information content (AvgIpc) is 2.95. The summed E-state index contributed by atoms with van der Waals surface area (Å²) in [5, 5.41) is 9.07. The standard InChI is InChI=1S/C13H12N4O2/c1-6-3-8-9(4-7(6)2)17-12(16-8)10-11(13(18)19)15-5-14-10/h3-5H,1-2H3,(H,14,15)(H,16,17)(H,18,19). The van der Waals surface area contributed by atoms with Crippen molar-refractivity contribution in [1.29, 1.82) is 0 Å². The number of H-pyrrole nitrogens is 2. The summed E-state index contributed by atoms with van der Waals surface area (Å²) in [4.78, 5) is 25.2. The molecule has 1 aromatic carbocycles. The van der Waals surface area contributed by atoms with Crippen molar-refractivity contribution in [2.24, 2.45) is 0 Å². The van der Waals surface area contributed by atoms with Crippen molar-refractivity contribution in [2.75, 3.05) is 0 Å². The van der Waals surface area contributed by atoms with Gasteiger partial charge in [0.1, 0.15) is 5.69 Å². The fourth-order valence-corrected chi connectivity index (χ4v) is 2.02. The van der Waals surface area contributed by atoms with Crippen LogP contribution in [0.5, 0.6) is 0 Å². The monoisotopic (exact) mass is 256 g/mol. The second-order valence-electron chi connectivity index (χ2n) is 4.47. The van der Waals surface area contributed by atoms with Crippen molar-refractivity contribution in [2.45, 2.75) is 13.8 Å². The second kappa shape index (κ2) is 3.94. The molecule has 19 heavy (non-hydrogen) atoms. The van der Waals surface area contributed by atoms with Crippen LogP contribution < -0.4 is 0 Å². The number of hydrogen-bond acceptors (Lipinski definition) is 3. The number of nitrogens with zero attached hydrogens (tertiary/aromatic N) is 2. The Morgan fingerprint density at radius 3 is 2.74 bits per heavy atom. The van der Waals surface area contributed by atoms with Crippen molar-refractivity contribution >= 4 is 17.0 Å². The molecule has 0 aliphatic carbocycles. The van der Waals surface area contributed by atoms with Crippen LogP contribution in [0.1, 0.15) is 21.6 Å². The average molecular weight is 256 g/mol. The molecular formula is C13H12N4O2. The van der Waals surface area contributed by atoms with E-state index in [1.54, 1.807) is 0 Å². The molecule has 96 valence electrons. The largest absolute Gasteiger partial charge is 0.477 e. The van der Waals surface area contributed by atoms with Gasteiger partial charge in [0.15, 0.2) is 11.5 Å². The molecular weight excluding hydrogens is 244 g/mol. The minimum atomic E-state index is -1.06. The highest BCUT2D eigenvalue weighted by molar-refractivity contribution is 5.93. The molecule has 3 aromatic rings. The Hall–Kier alpha value is -2.63. The first-order chi connectivity index (χ1) is 9.06. The zero-order valence-electron chi connectivity index (χ0n) is 10.5. The van der Waals surface area contributed by atoms with Gasteiger partial charge < -0.3 is 15.1 Å². The molecule has 0 bridgehead atoms. The van der Waals surface area contributed by atoms with Gasteiger partial charge in [0.05, 0.1) is 17.4 Å². The number of hydrogen-bond donors (Lipinski definition) is 3. The van der Waals surface area contributed by atoms with Gasteiger partial charge in [0.2, 0.25) is 0 Å². The van der Waals surface area contributed by atoms with Crippen molar-refractivity contribution in [3.63, 3.8) is 0 Å². The smallest absolute Gasteiger partial charge is 0.354 e. The van der Waals surface area contributed by atoms with Crippen LogP contribution in [-0.4, -0.2) is 31.0 Å². The molecule has 0 atom stereocenters. The zero-order valence-corrected chi connectivity index (χ0v) is 10.5. The van der Waals surface area contributed by atoms with Gasteiger partial charge in [-0.1, -0.05) is 0 Å². The van der Waals surface area contributed by atoms with E-state index in [0.29, 0.717) is 11.5 Å². The highest BCUT2D eigenvalue weighted by Crippen LogP contribution is 2.23. The Kier molecular flexibility index (Phi) is 2.38. The molecule has 2 aromatic heterocycles. The Bertz CT molecular complexity index is 746. The van der Waals surface area contributed by atoms with E-state index in [0.717, 1.165) is 22.2 Å². The maximum Gasteiger partial charge on any atom is 0.354 e. The Labute approximate surface area is 108 Å². The van der Waals surface area contributed by atoms with Gasteiger partial charge in [-0.25, -0.2) is 14.8 Å². The van der Waals surface area contributed by atoms with E-state index in [1.807, 2.05) is 26.0 Å². The van der Waals surface area contributed by atoms with Gasteiger partial charge in [-0.05, 0) is 37.1 Å². The van der Waals surface area contributed by atoms with Crippen molar-refractivity contribution in [1.82, 2.24) is 19.9 Å². The number of imidazole rings is 2. The maximum absolute atomic E-state index is 11.1. The summed E-state index contributed by atoms with van der Waals surface area (Å²) in [6.45, 7) is 4.03. The summed E-state index contributed by atoms with van der Waals surface area (Å²) in [6, 6.07) is 3.96. The topological polar surface area (TPSA) is 94.7 Å². The third-order valence-electron chi connectivity index (χ3n) is 3.17. The number of aromatic nitrogens is 4. The van der Waals surface area contributed by atoms with E-state index in [2.05, 4.69) is 19.9 Å². The summed E-state index contributed by atoms with van der Waals surface area (Å²) >= 11 is 0. The van der Waals surface area contributed by atoms with E-state index in [4.69, 9.17) is 5.11 Å². The number of benzene rings is 1. The first kappa shape index (κ1) is 11.5. The number of carboxylic acids is 1. The van der Waals surface area contributed by atoms with E-state index >= 15 is 0 Å². The normalized spacial score (nSPS) is 11.1. The lowest BCUT2D eigenvalue weighted by atomic mass is 10.1. The van der Waals surface area contributed by atoms with Crippen LogP contribution in [0, 0.1) is 13.8 Å². The number of aromatic amines is 2. The summed E-state index contributed by atoms with van der Waals surface area (Å²) in [6.07, 6.45) is 1.35. The van der Waals surface area contributed by atoms with E-state index < -0.39 is 5.97 Å². The highest BCUT2D eigenvalue weighted by Gasteiger charge is 2.17. The minimum Gasteiger partial charge on any atom is -0.477 e. The van der Waals surface area contributed by atoms with Crippen LogP contribution in [0.4, 0.5) is 0 Å². The van der Waals surface area contributed by atoms with Crippen molar-refractivity contribution < 1.29 is 9.90 Å². The number of aryl methyl sites for hydroxylation is 2. The zero-order chi connectivity index (χ0) is 13.6. The third kappa shape index (κ3) is 1.77. The molecule has 3 rings (SSSR count). The quantitative estimate of drug-likeness (QED) is 0.655. The Morgan fingerprint density at radius 2 is 2.00 bits per heavy atom. The van der Waals surface area contributed by atoms with Crippen LogP contribution in [0.15, 0.2) is 18.5 Å². The van der Waals surface area contributed by atoms with E-state index in [-0.39, 0.29) is 5.69 Å². The molecule has 0 aliphatic heterocycles. The van der Waals surface area contributed by atoms with Gasteiger partial charge in [0.25, 0.3) is 0 Å². The Balaban J connectivity index is 2.21. The lowest BCUT2D eigenvalue weighted by Crippen LogP contribution is -1.99. The van der Waals surface area contributed by atoms with Crippen LogP contribution in [0.25, 0.3) is 22.6 Å². The fourth-order valence-electron chi connectivity index (χ4n) is 2.02. The molecule has 0 unspecified atom stereocenters. The third-order valence-corrected chi connectivity index (χ3v) is 3.17. The maximum atomic E-state index is 11.1. The number of rotatable bonds is 2. The first-order valence-electron chi connectivity index (χ1n) is 5.80. The van der Waals surface area contributed by atoms with Gasteiger partial charge in [-0.3, -0.25) is 0 Å². The number of carboxylic acid groups (broad SMARTS) is 1. The van der Waals surface area contributed by atoms with Crippen LogP contribution in [0.3, 0.4) is 0 Å². The van der Waals surface area contributed by atoms with Gasteiger partial charge in [-0.2, -0.15) is 0 Å². The van der Waals surface area contributed by atoms with E-state index in [1.165, 1.54) is 6.33 Å². The summed E-state index contributed by atoms with van der Waals surface area (Å²) in [5.74, 6) is -0.598. The molecule has 0 saturated carbocycles. The van der Waals surface area contributed by atoms with Gasteiger partial charge >= 0.3 is 5.97 Å².